The van der Waals surface area contributed by atoms with Crippen LogP contribution in [0.3, 0.4) is 0 Å². The van der Waals surface area contributed by atoms with Crippen LogP contribution < -0.4 is 10.6 Å². The summed E-state index contributed by atoms with van der Waals surface area (Å²) in [7, 11) is 0. The quantitative estimate of drug-likeness (QED) is 0.856. The molecule has 0 radical (unpaired) electrons. The Labute approximate surface area is 127 Å². The lowest BCUT2D eigenvalue weighted by atomic mass is 10.1. The third-order valence-electron chi connectivity index (χ3n) is 2.60. The van der Waals surface area contributed by atoms with E-state index in [1.54, 1.807) is 24.5 Å². The number of carbonyl (C=O) groups excluding carboxylic acids is 1. The molecule has 20 heavy (non-hydrogen) atoms. The average molecular weight is 309 g/mol. The molecule has 0 aliphatic carbocycles. The van der Waals surface area contributed by atoms with Crippen molar-refractivity contribution in [3.8, 4) is 0 Å². The van der Waals surface area contributed by atoms with Gasteiger partial charge in [-0.1, -0.05) is 17.7 Å². The minimum absolute atomic E-state index is 0.225. The fraction of sp³-hybridized carbons (Fsp3) is 0.143. The highest BCUT2D eigenvalue weighted by atomic mass is 35.5. The minimum atomic E-state index is -0.341. The zero-order chi connectivity index (χ0) is 14.5. The maximum Gasteiger partial charge on any atom is 0.258 e. The van der Waals surface area contributed by atoms with Gasteiger partial charge in [-0.3, -0.25) is 10.1 Å². The van der Waals surface area contributed by atoms with E-state index >= 15 is 0 Å². The molecule has 6 heteroatoms. The molecule has 0 unspecified atom stereocenters. The van der Waals surface area contributed by atoms with E-state index in [4.69, 9.17) is 28.2 Å². The van der Waals surface area contributed by atoms with Gasteiger partial charge in [0, 0.05) is 0 Å². The van der Waals surface area contributed by atoms with Crippen molar-refractivity contribution in [3.63, 3.8) is 0 Å². The number of hydrogen-bond acceptors (Lipinski definition) is 3. The summed E-state index contributed by atoms with van der Waals surface area (Å²) in [5, 5.41) is 6.08. The Bertz CT molecular complexity index is 626. The third-order valence-corrected chi connectivity index (χ3v) is 3.16. The van der Waals surface area contributed by atoms with Crippen LogP contribution in [-0.2, 0) is 6.54 Å². The number of amides is 1. The maximum absolute atomic E-state index is 12.0. The number of furan rings is 1. The van der Waals surface area contributed by atoms with E-state index in [0.717, 1.165) is 11.3 Å². The number of nitrogens with one attached hydrogen (secondary N) is 2. The smallest absolute Gasteiger partial charge is 0.258 e. The fourth-order valence-electron chi connectivity index (χ4n) is 1.60. The van der Waals surface area contributed by atoms with Crippen LogP contribution >= 0.6 is 23.8 Å². The lowest BCUT2D eigenvalue weighted by Crippen LogP contribution is -2.38. The third kappa shape index (κ3) is 3.82. The Morgan fingerprint density at radius 2 is 2.20 bits per heavy atom. The van der Waals surface area contributed by atoms with E-state index in [2.05, 4.69) is 10.6 Å². The van der Waals surface area contributed by atoms with Crippen molar-refractivity contribution in [2.24, 2.45) is 0 Å². The molecule has 104 valence electrons. The predicted octanol–water partition coefficient (Wildman–Crippen LogP) is 3.05. The number of carbonyl (C=O) groups is 1. The minimum Gasteiger partial charge on any atom is -0.467 e. The first-order valence-electron chi connectivity index (χ1n) is 5.94. The number of hydrogen-bond donors (Lipinski definition) is 2. The van der Waals surface area contributed by atoms with Crippen LogP contribution in [0.15, 0.2) is 41.0 Å². The highest BCUT2D eigenvalue weighted by molar-refractivity contribution is 7.80. The largest absolute Gasteiger partial charge is 0.467 e. The molecular weight excluding hydrogens is 296 g/mol. The molecule has 0 aliphatic heterocycles. The average Bonchev–Trinajstić information content (AvgIpc) is 2.89. The van der Waals surface area contributed by atoms with Crippen LogP contribution in [0.2, 0.25) is 5.02 Å². The molecule has 1 amide bonds. The molecular formula is C14H13ClN2O2S. The van der Waals surface area contributed by atoms with Crippen molar-refractivity contribution < 1.29 is 9.21 Å². The summed E-state index contributed by atoms with van der Waals surface area (Å²) in [6.45, 7) is 2.32. The Morgan fingerprint density at radius 1 is 1.40 bits per heavy atom. The standard InChI is InChI=1S/C14H13ClN2O2S/c1-9-4-5-11(12(15)7-9)13(18)17-14(20)16-8-10-3-2-6-19-10/h2-7H,8H2,1H3,(H2,16,17,18,20). The molecule has 0 fully saturated rings. The monoisotopic (exact) mass is 308 g/mol. The highest BCUT2D eigenvalue weighted by Gasteiger charge is 2.11. The summed E-state index contributed by atoms with van der Waals surface area (Å²) in [6, 6.07) is 8.82. The lowest BCUT2D eigenvalue weighted by Gasteiger charge is -2.09. The molecule has 1 heterocycles. The van der Waals surface area contributed by atoms with E-state index in [-0.39, 0.29) is 11.0 Å². The number of rotatable bonds is 3. The number of thiocarbonyl (C=S) groups is 1. The first-order valence-corrected chi connectivity index (χ1v) is 6.72. The normalized spacial score (nSPS) is 10.1. The SMILES string of the molecule is Cc1ccc(C(=O)NC(=S)NCc2ccco2)c(Cl)c1. The van der Waals surface area contributed by atoms with Gasteiger partial charge in [0.2, 0.25) is 0 Å². The van der Waals surface area contributed by atoms with Gasteiger partial charge in [0.15, 0.2) is 5.11 Å². The van der Waals surface area contributed by atoms with Gasteiger partial charge in [-0.15, -0.1) is 0 Å². The Morgan fingerprint density at radius 3 is 2.85 bits per heavy atom. The molecule has 2 N–H and O–H groups in total. The van der Waals surface area contributed by atoms with E-state index < -0.39 is 0 Å². The van der Waals surface area contributed by atoms with Gasteiger partial charge in [-0.05, 0) is 49.0 Å². The second kappa shape index (κ2) is 6.54. The van der Waals surface area contributed by atoms with Crippen molar-refractivity contribution in [2.45, 2.75) is 13.5 Å². The molecule has 0 saturated carbocycles. The molecule has 0 spiro atoms. The molecule has 0 saturated heterocycles. The summed E-state index contributed by atoms with van der Waals surface area (Å²) in [6.07, 6.45) is 1.57. The second-order valence-electron chi connectivity index (χ2n) is 4.20. The number of aryl methyl sites for hydroxylation is 1. The second-order valence-corrected chi connectivity index (χ2v) is 5.01. The van der Waals surface area contributed by atoms with Crippen molar-refractivity contribution >= 4 is 34.8 Å². The van der Waals surface area contributed by atoms with E-state index in [0.29, 0.717) is 17.1 Å². The zero-order valence-corrected chi connectivity index (χ0v) is 12.3. The summed E-state index contributed by atoms with van der Waals surface area (Å²) < 4.78 is 5.15. The van der Waals surface area contributed by atoms with Gasteiger partial charge in [0.05, 0.1) is 23.4 Å². The number of halogens is 1. The topological polar surface area (TPSA) is 54.3 Å². The van der Waals surface area contributed by atoms with Gasteiger partial charge in [0.25, 0.3) is 5.91 Å². The predicted molar refractivity (Wildman–Crippen MR) is 81.8 cm³/mol. The van der Waals surface area contributed by atoms with Gasteiger partial charge >= 0.3 is 0 Å². The molecule has 0 aliphatic rings. The first kappa shape index (κ1) is 14.6. The van der Waals surface area contributed by atoms with E-state index in [1.807, 2.05) is 19.1 Å². The van der Waals surface area contributed by atoms with E-state index in [1.165, 1.54) is 0 Å². The molecule has 1 aromatic heterocycles. The van der Waals surface area contributed by atoms with Crippen molar-refractivity contribution in [2.75, 3.05) is 0 Å². The Hall–Kier alpha value is -1.85. The highest BCUT2D eigenvalue weighted by Crippen LogP contribution is 2.17. The number of benzene rings is 1. The summed E-state index contributed by atoms with van der Waals surface area (Å²) >= 11 is 11.1. The maximum atomic E-state index is 12.0. The van der Waals surface area contributed by atoms with Crippen LogP contribution in [0.5, 0.6) is 0 Å². The lowest BCUT2D eigenvalue weighted by molar-refractivity contribution is 0.0976. The Balaban J connectivity index is 1.92. The summed E-state index contributed by atoms with van der Waals surface area (Å²) in [5.41, 5.74) is 1.38. The van der Waals surface area contributed by atoms with Gasteiger partial charge in [-0.25, -0.2) is 0 Å². The van der Waals surface area contributed by atoms with Crippen molar-refractivity contribution in [3.05, 3.63) is 58.5 Å². The Kier molecular flexibility index (Phi) is 4.76. The molecule has 2 rings (SSSR count). The summed E-state index contributed by atoms with van der Waals surface area (Å²) in [5.74, 6) is 0.391. The van der Waals surface area contributed by atoms with Crippen molar-refractivity contribution in [1.29, 1.82) is 0 Å². The van der Waals surface area contributed by atoms with Crippen molar-refractivity contribution in [1.82, 2.24) is 10.6 Å². The van der Waals surface area contributed by atoms with Crippen LogP contribution in [-0.4, -0.2) is 11.0 Å². The van der Waals surface area contributed by atoms with Crippen LogP contribution in [0.1, 0.15) is 21.7 Å². The molecule has 2 aromatic rings. The fourth-order valence-corrected chi connectivity index (χ4v) is 2.09. The molecule has 1 aromatic carbocycles. The van der Waals surface area contributed by atoms with Crippen LogP contribution in [0.4, 0.5) is 0 Å². The molecule has 0 bridgehead atoms. The van der Waals surface area contributed by atoms with Gasteiger partial charge < -0.3 is 9.73 Å². The van der Waals surface area contributed by atoms with Gasteiger partial charge in [0.1, 0.15) is 5.76 Å². The molecule has 4 nitrogen and oxygen atoms in total. The zero-order valence-electron chi connectivity index (χ0n) is 10.8. The van der Waals surface area contributed by atoms with Crippen LogP contribution in [0.25, 0.3) is 0 Å². The van der Waals surface area contributed by atoms with E-state index in [9.17, 15) is 4.79 Å². The first-order chi connectivity index (χ1) is 9.56. The summed E-state index contributed by atoms with van der Waals surface area (Å²) in [4.78, 5) is 12.0. The van der Waals surface area contributed by atoms with Crippen LogP contribution in [0, 0.1) is 6.92 Å². The van der Waals surface area contributed by atoms with Gasteiger partial charge in [-0.2, -0.15) is 0 Å². The molecule has 0 atom stereocenters.